The molecule has 0 saturated heterocycles. The van der Waals surface area contributed by atoms with Gasteiger partial charge in [-0.3, -0.25) is 4.68 Å². The first-order valence-electron chi connectivity index (χ1n) is 6.72. The van der Waals surface area contributed by atoms with Crippen LogP contribution >= 0.6 is 0 Å². The minimum atomic E-state index is -0.448. The van der Waals surface area contributed by atoms with Crippen LogP contribution in [-0.4, -0.2) is 22.4 Å². The van der Waals surface area contributed by atoms with Crippen LogP contribution in [0.1, 0.15) is 25.6 Å². The second-order valence-corrected chi connectivity index (χ2v) is 4.90. The van der Waals surface area contributed by atoms with Gasteiger partial charge in [0, 0.05) is 24.0 Å². The van der Waals surface area contributed by atoms with Crippen LogP contribution in [0, 0.1) is 0 Å². The maximum absolute atomic E-state index is 11.6. The maximum atomic E-state index is 11.6. The van der Waals surface area contributed by atoms with Gasteiger partial charge in [0.2, 0.25) is 0 Å². The molecule has 0 saturated carbocycles. The second-order valence-electron chi connectivity index (χ2n) is 4.90. The van der Waals surface area contributed by atoms with Crippen molar-refractivity contribution >= 4 is 11.7 Å². The highest BCUT2D eigenvalue weighted by molar-refractivity contribution is 5.71. The van der Waals surface area contributed by atoms with Crippen molar-refractivity contribution in [2.45, 2.75) is 26.5 Å². The van der Waals surface area contributed by atoms with Crippen molar-refractivity contribution in [3.63, 3.8) is 0 Å². The highest BCUT2D eigenvalue weighted by atomic mass is 16.6. The summed E-state index contributed by atoms with van der Waals surface area (Å²) in [5.41, 5.74) is 6.91. The van der Waals surface area contributed by atoms with Gasteiger partial charge in [-0.1, -0.05) is 6.07 Å². The van der Waals surface area contributed by atoms with Crippen LogP contribution in [0.2, 0.25) is 0 Å². The molecular formula is C15H19N3O3. The molecule has 1 aromatic carbocycles. The van der Waals surface area contributed by atoms with Crippen molar-refractivity contribution in [2.24, 2.45) is 0 Å². The lowest BCUT2D eigenvalue weighted by atomic mass is 10.3. The number of carbonyl (C=O) groups is 1. The van der Waals surface area contributed by atoms with Crippen molar-refractivity contribution in [3.8, 4) is 5.75 Å². The predicted octanol–water partition coefficient (Wildman–Crippen LogP) is 2.17. The summed E-state index contributed by atoms with van der Waals surface area (Å²) in [7, 11) is 0. The van der Waals surface area contributed by atoms with Crippen LogP contribution in [-0.2, 0) is 16.1 Å². The van der Waals surface area contributed by atoms with E-state index in [9.17, 15) is 4.79 Å². The van der Waals surface area contributed by atoms with E-state index in [1.165, 1.54) is 0 Å². The summed E-state index contributed by atoms with van der Waals surface area (Å²) in [6.07, 6.45) is 1.86. The Morgan fingerprint density at radius 3 is 2.86 bits per heavy atom. The van der Waals surface area contributed by atoms with Crippen LogP contribution in [0.4, 0.5) is 5.69 Å². The molecule has 0 radical (unpaired) electrons. The number of hydrogen-bond acceptors (Lipinski definition) is 5. The van der Waals surface area contributed by atoms with Crippen LogP contribution < -0.4 is 10.5 Å². The van der Waals surface area contributed by atoms with Gasteiger partial charge in [0.15, 0.2) is 6.61 Å². The van der Waals surface area contributed by atoms with E-state index in [4.69, 9.17) is 15.2 Å². The summed E-state index contributed by atoms with van der Waals surface area (Å²) in [6.45, 7) is 4.04. The first kappa shape index (κ1) is 14.9. The third kappa shape index (κ3) is 4.52. The zero-order chi connectivity index (χ0) is 15.2. The van der Waals surface area contributed by atoms with E-state index < -0.39 is 5.97 Å². The Bertz CT molecular complexity index is 608. The molecule has 2 N–H and O–H groups in total. The number of esters is 1. The fourth-order valence-electron chi connectivity index (χ4n) is 1.68. The van der Waals surface area contributed by atoms with Crippen molar-refractivity contribution in [3.05, 3.63) is 42.2 Å². The molecule has 0 aliphatic rings. The van der Waals surface area contributed by atoms with Gasteiger partial charge in [-0.05, 0) is 32.0 Å². The molecule has 2 rings (SSSR count). The summed E-state index contributed by atoms with van der Waals surface area (Å²) < 4.78 is 12.2. The Morgan fingerprint density at radius 1 is 1.38 bits per heavy atom. The Morgan fingerprint density at radius 2 is 2.19 bits per heavy atom. The van der Waals surface area contributed by atoms with Gasteiger partial charge in [-0.25, -0.2) is 4.79 Å². The number of aromatic nitrogens is 2. The van der Waals surface area contributed by atoms with Crippen molar-refractivity contribution < 1.29 is 14.3 Å². The molecule has 1 heterocycles. The minimum Gasteiger partial charge on any atom is -0.482 e. The molecule has 0 aliphatic carbocycles. The normalized spacial score (nSPS) is 10.6. The van der Waals surface area contributed by atoms with Gasteiger partial charge in [0.25, 0.3) is 0 Å². The number of rotatable bonds is 6. The van der Waals surface area contributed by atoms with Crippen molar-refractivity contribution in [1.82, 2.24) is 9.78 Å². The summed E-state index contributed by atoms with van der Waals surface area (Å²) in [5.74, 6) is 0.0903. The number of hydrogen-bond donors (Lipinski definition) is 1. The van der Waals surface area contributed by atoms with Gasteiger partial charge < -0.3 is 15.2 Å². The lowest BCUT2D eigenvalue weighted by Crippen LogP contribution is -2.15. The van der Waals surface area contributed by atoms with Crippen molar-refractivity contribution in [1.29, 1.82) is 0 Å². The van der Waals surface area contributed by atoms with Crippen LogP contribution in [0.5, 0.6) is 5.75 Å². The molecule has 1 aromatic heterocycles. The molecule has 6 nitrogen and oxygen atoms in total. The Labute approximate surface area is 123 Å². The SMILES string of the molecule is CC(C)n1ccc(COC(=O)COc2cccc(N)c2)n1. The molecule has 0 fully saturated rings. The first-order valence-corrected chi connectivity index (χ1v) is 6.72. The molecule has 0 unspecified atom stereocenters. The van der Waals surface area contributed by atoms with Gasteiger partial charge in [-0.15, -0.1) is 0 Å². The summed E-state index contributed by atoms with van der Waals surface area (Å²) in [5, 5.41) is 4.29. The average Bonchev–Trinajstić information content (AvgIpc) is 2.92. The third-order valence-electron chi connectivity index (χ3n) is 2.79. The van der Waals surface area contributed by atoms with E-state index in [-0.39, 0.29) is 19.3 Å². The molecule has 0 spiro atoms. The van der Waals surface area contributed by atoms with Gasteiger partial charge in [-0.2, -0.15) is 5.10 Å². The molecule has 2 aromatic rings. The summed E-state index contributed by atoms with van der Waals surface area (Å²) in [4.78, 5) is 11.6. The van der Waals surface area contributed by atoms with Gasteiger partial charge in [0.1, 0.15) is 12.4 Å². The fraction of sp³-hybridized carbons (Fsp3) is 0.333. The van der Waals surface area contributed by atoms with Crippen molar-refractivity contribution in [2.75, 3.05) is 12.3 Å². The average molecular weight is 289 g/mol. The zero-order valence-electron chi connectivity index (χ0n) is 12.2. The molecule has 0 bridgehead atoms. The quantitative estimate of drug-likeness (QED) is 0.651. The number of benzene rings is 1. The van der Waals surface area contributed by atoms with Crippen LogP contribution in [0.3, 0.4) is 0 Å². The van der Waals surface area contributed by atoms with Gasteiger partial charge in [0.05, 0.1) is 5.69 Å². The van der Waals surface area contributed by atoms with E-state index in [2.05, 4.69) is 5.10 Å². The van der Waals surface area contributed by atoms with Crippen LogP contribution in [0.25, 0.3) is 0 Å². The van der Waals surface area contributed by atoms with Gasteiger partial charge >= 0.3 is 5.97 Å². The fourth-order valence-corrected chi connectivity index (χ4v) is 1.68. The minimum absolute atomic E-state index is 0.138. The number of nitrogens with two attached hydrogens (primary N) is 1. The molecule has 112 valence electrons. The number of carbonyl (C=O) groups excluding carboxylic acids is 1. The Kier molecular flexibility index (Phi) is 4.81. The Hall–Kier alpha value is -2.50. The molecule has 0 amide bonds. The third-order valence-corrected chi connectivity index (χ3v) is 2.79. The lowest BCUT2D eigenvalue weighted by Gasteiger charge is -2.07. The highest BCUT2D eigenvalue weighted by Gasteiger charge is 2.07. The van der Waals surface area contributed by atoms with E-state index in [0.29, 0.717) is 17.1 Å². The van der Waals surface area contributed by atoms with E-state index >= 15 is 0 Å². The maximum Gasteiger partial charge on any atom is 0.344 e. The first-order chi connectivity index (χ1) is 10.0. The van der Waals surface area contributed by atoms with E-state index in [0.717, 1.165) is 0 Å². The molecule has 21 heavy (non-hydrogen) atoms. The smallest absolute Gasteiger partial charge is 0.344 e. The standard InChI is InChI=1S/C15H19N3O3/c1-11(2)18-7-6-13(17-18)9-21-15(19)10-20-14-5-3-4-12(16)8-14/h3-8,11H,9-10,16H2,1-2H3. The number of nitrogen functional groups attached to an aromatic ring is 1. The molecule has 0 aliphatic heterocycles. The second kappa shape index (κ2) is 6.78. The lowest BCUT2D eigenvalue weighted by molar-refractivity contribution is -0.147. The monoisotopic (exact) mass is 289 g/mol. The number of ether oxygens (including phenoxy) is 2. The van der Waals surface area contributed by atoms with E-state index in [1.807, 2.05) is 30.8 Å². The van der Waals surface area contributed by atoms with Crippen LogP contribution in [0.15, 0.2) is 36.5 Å². The highest BCUT2D eigenvalue weighted by Crippen LogP contribution is 2.14. The largest absolute Gasteiger partial charge is 0.482 e. The predicted molar refractivity (Wildman–Crippen MR) is 78.8 cm³/mol. The number of nitrogens with zero attached hydrogens (tertiary/aromatic N) is 2. The molecular weight excluding hydrogens is 270 g/mol. The topological polar surface area (TPSA) is 79.4 Å². The summed E-state index contributed by atoms with van der Waals surface area (Å²) in [6, 6.07) is 8.99. The summed E-state index contributed by atoms with van der Waals surface area (Å²) >= 11 is 0. The van der Waals surface area contributed by atoms with E-state index in [1.54, 1.807) is 24.3 Å². The molecule has 0 atom stereocenters. The zero-order valence-corrected chi connectivity index (χ0v) is 12.2. The number of anilines is 1. The molecule has 6 heteroatoms. The Balaban J connectivity index is 1.76.